The van der Waals surface area contributed by atoms with Crippen molar-refractivity contribution in [1.82, 2.24) is 10.2 Å². The summed E-state index contributed by atoms with van der Waals surface area (Å²) < 4.78 is 54.1. The molecule has 0 aromatic heterocycles. The summed E-state index contributed by atoms with van der Waals surface area (Å²) in [5.74, 6) is 0.310. The maximum Gasteiger partial charge on any atom is 0.416 e. The molecule has 1 N–H and O–H groups in total. The van der Waals surface area contributed by atoms with Gasteiger partial charge in [-0.3, -0.25) is 4.79 Å². The smallest absolute Gasteiger partial charge is 0.416 e. The Balaban J connectivity index is 1.55. The number of alkyl halides is 3. The number of carbonyl (C=O) groups excluding carboxylic acids is 1. The fourth-order valence-corrected chi connectivity index (χ4v) is 5.85. The number of nitrogens with zero attached hydrogens (tertiary/aromatic N) is 2. The first-order valence-corrected chi connectivity index (χ1v) is 13.3. The lowest BCUT2D eigenvalue weighted by Gasteiger charge is -2.24. The van der Waals surface area contributed by atoms with E-state index in [1.54, 1.807) is 7.11 Å². The van der Waals surface area contributed by atoms with Gasteiger partial charge in [0.15, 0.2) is 5.60 Å². The Labute approximate surface area is 226 Å². The van der Waals surface area contributed by atoms with Crippen LogP contribution in [-0.4, -0.2) is 72.3 Å². The molecule has 6 nitrogen and oxygen atoms in total. The van der Waals surface area contributed by atoms with Crippen LogP contribution in [0.1, 0.15) is 25.0 Å². The summed E-state index contributed by atoms with van der Waals surface area (Å²) in [6, 6.07) is 14.4. The molecule has 5 rings (SSSR count). The Bertz CT molecular complexity index is 1310. The Hall–Kier alpha value is -3.43. The molecule has 9 heteroatoms. The summed E-state index contributed by atoms with van der Waals surface area (Å²) in [6.45, 7) is 7.21. The van der Waals surface area contributed by atoms with Gasteiger partial charge >= 0.3 is 12.1 Å². The predicted molar refractivity (Wildman–Crippen MR) is 142 cm³/mol. The van der Waals surface area contributed by atoms with Crippen molar-refractivity contribution in [2.75, 3.05) is 33.3 Å². The molecule has 0 fully saturated rings. The summed E-state index contributed by atoms with van der Waals surface area (Å²) in [5, 5.41) is 3.06. The highest BCUT2D eigenvalue weighted by Crippen LogP contribution is 2.52. The third-order valence-corrected chi connectivity index (χ3v) is 7.82. The topological polar surface area (TPSA) is 53.8 Å². The lowest BCUT2D eigenvalue weighted by atomic mass is 9.81. The minimum atomic E-state index is -4.41. The Morgan fingerprint density at radius 3 is 2.41 bits per heavy atom. The van der Waals surface area contributed by atoms with Crippen molar-refractivity contribution in [1.29, 1.82) is 0 Å². The Morgan fingerprint density at radius 2 is 1.79 bits per heavy atom. The number of hydrogen-bond donors (Lipinski definition) is 1. The summed E-state index contributed by atoms with van der Waals surface area (Å²) in [5.41, 5.74) is 1.09. The number of amides is 1. The van der Waals surface area contributed by atoms with Crippen molar-refractivity contribution < 1.29 is 32.0 Å². The molecule has 2 aromatic carbocycles. The molecule has 1 amide bonds. The average Bonchev–Trinajstić information content (AvgIpc) is 3.59. The van der Waals surface area contributed by atoms with Gasteiger partial charge in [0, 0.05) is 31.6 Å². The molecule has 3 atom stereocenters. The summed E-state index contributed by atoms with van der Waals surface area (Å²) in [7, 11) is 1.57. The van der Waals surface area contributed by atoms with Crippen LogP contribution in [0.5, 0.6) is 0 Å². The van der Waals surface area contributed by atoms with Crippen molar-refractivity contribution in [3.8, 4) is 0 Å². The molecule has 2 aromatic rings. The molecular formula is C30H33F3N3O3+. The van der Waals surface area contributed by atoms with Gasteiger partial charge in [0.2, 0.25) is 11.7 Å². The van der Waals surface area contributed by atoms with Crippen molar-refractivity contribution in [2.24, 2.45) is 0 Å². The van der Waals surface area contributed by atoms with Crippen LogP contribution in [-0.2, 0) is 26.9 Å². The lowest BCUT2D eigenvalue weighted by Crippen LogP contribution is -2.43. The molecule has 0 saturated heterocycles. The molecule has 3 heterocycles. The van der Waals surface area contributed by atoms with Gasteiger partial charge in [-0.15, -0.1) is 0 Å². The van der Waals surface area contributed by atoms with Gasteiger partial charge < -0.3 is 19.7 Å². The number of carbonyl (C=O) groups is 1. The SMILES string of the molecule is CCN(CC)CCNC(=O)C1=C2C(OC)=[N+](c3ccccc3)C(Cc3ccc(C(F)(F)F)cc3)C23C=CC1O3. The second-order valence-electron chi connectivity index (χ2n) is 9.89. The third-order valence-electron chi connectivity index (χ3n) is 7.82. The fourth-order valence-electron chi connectivity index (χ4n) is 5.85. The van der Waals surface area contributed by atoms with Gasteiger partial charge in [-0.05, 0) is 36.9 Å². The standard InChI is InChI=1S/C30H32F3N3O3/c1-4-35(5-2)18-17-34-27(37)25-23-15-16-29(39-23)24(19-20-11-13-21(14-12-20)30(31,32)33)36(28(38-3)26(25)29)22-9-7-6-8-10-22/h6-16,23-24H,4-5,17-19H2,1-3H3/p+1. The maximum atomic E-state index is 13.5. The van der Waals surface area contributed by atoms with Gasteiger partial charge in [0.25, 0.3) is 5.91 Å². The van der Waals surface area contributed by atoms with E-state index >= 15 is 0 Å². The van der Waals surface area contributed by atoms with Crippen LogP contribution in [0.15, 0.2) is 77.9 Å². The summed E-state index contributed by atoms with van der Waals surface area (Å²) in [4.78, 5) is 15.8. The number of halogens is 3. The second kappa shape index (κ2) is 10.6. The number of likely N-dealkylation sites (N-methyl/N-ethyl adjacent to an activating group) is 1. The van der Waals surface area contributed by atoms with E-state index in [2.05, 4.69) is 24.1 Å². The molecule has 0 radical (unpaired) electrons. The first-order valence-electron chi connectivity index (χ1n) is 13.3. The highest BCUT2D eigenvalue weighted by atomic mass is 19.4. The van der Waals surface area contributed by atoms with Crippen molar-refractivity contribution in [3.05, 3.63) is 89.0 Å². The van der Waals surface area contributed by atoms with E-state index in [1.807, 2.05) is 47.1 Å². The van der Waals surface area contributed by atoms with Gasteiger partial charge in [0.1, 0.15) is 11.7 Å². The molecule has 39 heavy (non-hydrogen) atoms. The van der Waals surface area contributed by atoms with Gasteiger partial charge in [-0.2, -0.15) is 17.7 Å². The zero-order valence-electron chi connectivity index (χ0n) is 22.3. The number of ether oxygens (including phenoxy) is 2. The van der Waals surface area contributed by atoms with E-state index in [9.17, 15) is 18.0 Å². The molecule has 1 spiro atoms. The number of nitrogens with one attached hydrogen (secondary N) is 1. The molecule has 2 bridgehead atoms. The molecule has 3 aliphatic heterocycles. The minimum Gasteiger partial charge on any atom is -0.447 e. The van der Waals surface area contributed by atoms with Crippen LogP contribution in [0.4, 0.5) is 18.9 Å². The van der Waals surface area contributed by atoms with Crippen LogP contribution in [0, 0.1) is 0 Å². The minimum absolute atomic E-state index is 0.203. The molecule has 0 saturated carbocycles. The first-order chi connectivity index (χ1) is 18.7. The molecule has 3 unspecified atom stereocenters. The molecular weight excluding hydrogens is 507 g/mol. The van der Waals surface area contributed by atoms with Gasteiger partial charge in [-0.1, -0.05) is 50.3 Å². The van der Waals surface area contributed by atoms with Gasteiger partial charge in [0.05, 0.1) is 18.2 Å². The fraction of sp³-hybridized carbons (Fsp3) is 0.400. The third kappa shape index (κ3) is 4.78. The van der Waals surface area contributed by atoms with E-state index in [4.69, 9.17) is 9.47 Å². The Kier molecular flexibility index (Phi) is 7.39. The number of fused-ring (bicyclic) bond motifs is 1. The molecule has 206 valence electrons. The molecule has 3 aliphatic rings. The van der Waals surface area contributed by atoms with Crippen LogP contribution >= 0.6 is 0 Å². The van der Waals surface area contributed by atoms with Crippen LogP contribution in [0.25, 0.3) is 0 Å². The number of methoxy groups -OCH3 is 1. The first kappa shape index (κ1) is 27.1. The monoisotopic (exact) mass is 540 g/mol. The zero-order valence-corrected chi connectivity index (χ0v) is 22.3. The van der Waals surface area contributed by atoms with E-state index in [-0.39, 0.29) is 11.9 Å². The Morgan fingerprint density at radius 1 is 1.10 bits per heavy atom. The second-order valence-corrected chi connectivity index (χ2v) is 9.89. The van der Waals surface area contributed by atoms with Crippen LogP contribution < -0.4 is 5.32 Å². The summed E-state index contributed by atoms with van der Waals surface area (Å²) >= 11 is 0. The van der Waals surface area contributed by atoms with Crippen LogP contribution in [0.3, 0.4) is 0 Å². The summed E-state index contributed by atoms with van der Waals surface area (Å²) in [6.07, 6.45) is -0.693. The van der Waals surface area contributed by atoms with E-state index in [0.29, 0.717) is 30.0 Å². The highest BCUT2D eigenvalue weighted by molar-refractivity contribution is 6.08. The van der Waals surface area contributed by atoms with Crippen LogP contribution in [0.2, 0.25) is 0 Å². The number of para-hydroxylation sites is 1. The quantitative estimate of drug-likeness (QED) is 0.377. The highest BCUT2D eigenvalue weighted by Gasteiger charge is 2.68. The zero-order chi connectivity index (χ0) is 27.8. The van der Waals surface area contributed by atoms with E-state index in [0.717, 1.165) is 43.0 Å². The average molecular weight is 541 g/mol. The van der Waals surface area contributed by atoms with Gasteiger partial charge in [-0.25, -0.2) is 0 Å². The van der Waals surface area contributed by atoms with E-state index < -0.39 is 23.4 Å². The van der Waals surface area contributed by atoms with E-state index in [1.165, 1.54) is 12.1 Å². The number of rotatable bonds is 9. The van der Waals surface area contributed by atoms with Crippen molar-refractivity contribution in [2.45, 2.75) is 44.2 Å². The number of hydrogen-bond acceptors (Lipinski definition) is 4. The van der Waals surface area contributed by atoms with Crippen molar-refractivity contribution >= 4 is 17.5 Å². The molecule has 0 aliphatic carbocycles. The van der Waals surface area contributed by atoms with Crippen molar-refractivity contribution in [3.63, 3.8) is 0 Å². The number of benzene rings is 2. The largest absolute Gasteiger partial charge is 0.447 e. The normalized spacial score (nSPS) is 23.7. The maximum absolute atomic E-state index is 13.5. The predicted octanol–water partition coefficient (Wildman–Crippen LogP) is 4.48. The lowest BCUT2D eigenvalue weighted by molar-refractivity contribution is -0.499.